The molecule has 178 valence electrons. The lowest BCUT2D eigenvalue weighted by atomic mass is 9.92. The molecular weight excluding hydrogens is 469 g/mol. The maximum Gasteiger partial charge on any atom is 0.244 e. The summed E-state index contributed by atoms with van der Waals surface area (Å²) >= 11 is 6.02. The van der Waals surface area contributed by atoms with E-state index in [2.05, 4.69) is 30.5 Å². The number of rotatable bonds is 4. The lowest BCUT2D eigenvalue weighted by molar-refractivity contribution is 0.376. The first kappa shape index (κ1) is 21.5. The first-order valence-electron chi connectivity index (χ1n) is 11.3. The Morgan fingerprint density at radius 3 is 2.59 bits per heavy atom. The van der Waals surface area contributed by atoms with Gasteiger partial charge in [-0.05, 0) is 43.2 Å². The minimum Gasteiger partial charge on any atom is -0.369 e. The van der Waals surface area contributed by atoms with E-state index in [0.29, 0.717) is 48.4 Å². The Morgan fingerprint density at radius 1 is 1.03 bits per heavy atom. The zero-order chi connectivity index (χ0) is 23.4. The Hall–Kier alpha value is -3.08. The van der Waals surface area contributed by atoms with Crippen LogP contribution in [0.1, 0.15) is 19.3 Å². The zero-order valence-electron chi connectivity index (χ0n) is 18.1. The molecule has 0 spiro atoms. The average Bonchev–Trinajstić information content (AvgIpc) is 3.33. The Balaban J connectivity index is 1.22. The lowest BCUT2D eigenvalue weighted by Gasteiger charge is -2.39. The summed E-state index contributed by atoms with van der Waals surface area (Å²) < 4.78 is 43.5. The number of aryl methyl sites for hydroxylation is 1. The molecule has 2 aliphatic heterocycles. The first-order valence-corrected chi connectivity index (χ1v) is 11.7. The Kier molecular flexibility index (Phi) is 5.23. The van der Waals surface area contributed by atoms with Gasteiger partial charge in [-0.3, -0.25) is 0 Å². The van der Waals surface area contributed by atoms with E-state index in [1.807, 2.05) is 6.07 Å². The van der Waals surface area contributed by atoms with E-state index in [1.165, 1.54) is 6.07 Å². The molecule has 1 N–H and O–H groups in total. The highest BCUT2D eigenvalue weighted by Crippen LogP contribution is 2.40. The van der Waals surface area contributed by atoms with Crippen LogP contribution in [0.4, 0.5) is 36.4 Å². The van der Waals surface area contributed by atoms with E-state index in [-0.39, 0.29) is 11.7 Å². The monoisotopic (exact) mass is 490 g/mol. The summed E-state index contributed by atoms with van der Waals surface area (Å²) in [4.78, 5) is 8.46. The number of aromatic nitrogens is 5. The Labute approximate surface area is 198 Å². The van der Waals surface area contributed by atoms with Gasteiger partial charge in [-0.25, -0.2) is 17.9 Å². The third-order valence-corrected chi connectivity index (χ3v) is 7.24. The number of fused-ring (bicyclic) bond motifs is 3. The highest BCUT2D eigenvalue weighted by Gasteiger charge is 2.43. The van der Waals surface area contributed by atoms with Gasteiger partial charge in [0.25, 0.3) is 0 Å². The van der Waals surface area contributed by atoms with Crippen molar-refractivity contribution in [1.82, 2.24) is 25.0 Å². The molecule has 2 fully saturated rings. The van der Waals surface area contributed by atoms with Crippen molar-refractivity contribution in [3.05, 3.63) is 47.0 Å². The number of nitrogens with zero attached hydrogens (tertiary/aromatic N) is 7. The molecule has 12 heteroatoms. The van der Waals surface area contributed by atoms with Crippen LogP contribution in [0.25, 0.3) is 0 Å². The van der Waals surface area contributed by atoms with Crippen molar-refractivity contribution in [1.29, 1.82) is 0 Å². The molecule has 1 saturated carbocycles. The van der Waals surface area contributed by atoms with E-state index < -0.39 is 17.5 Å². The maximum absolute atomic E-state index is 14.5. The van der Waals surface area contributed by atoms with Crippen molar-refractivity contribution in [2.75, 3.05) is 34.8 Å². The summed E-state index contributed by atoms with van der Waals surface area (Å²) in [6, 6.07) is 4.21. The second-order valence-corrected chi connectivity index (χ2v) is 9.45. The molecular formula is C22H22ClF3N8. The molecule has 8 nitrogen and oxygen atoms in total. The minimum absolute atomic E-state index is 0.0446. The molecule has 1 unspecified atom stereocenters. The van der Waals surface area contributed by atoms with Gasteiger partial charge < -0.3 is 15.1 Å². The predicted molar refractivity (Wildman–Crippen MR) is 121 cm³/mol. The van der Waals surface area contributed by atoms with Crippen LogP contribution < -0.4 is 15.1 Å². The second kappa shape index (κ2) is 8.30. The molecule has 3 aliphatic rings. The van der Waals surface area contributed by atoms with Crippen LogP contribution in [-0.2, 0) is 6.54 Å². The van der Waals surface area contributed by atoms with Gasteiger partial charge in [0.1, 0.15) is 0 Å². The molecule has 0 amide bonds. The standard InChI is InChI=1S/C22H22ClF3N8/c23-17-8-14(9-27-30-17)32-10-12-2-3-13(11-32)20(12)28-21-29-22-33(6-1-7-34(22)31-21)16-5-4-15(24)18(25)19(16)26/h4-5,8-9,12-13,20H,1-3,6-7,10-11H2,(H,28,31)/t12-,13?,20-/m0/s1. The highest BCUT2D eigenvalue weighted by molar-refractivity contribution is 6.29. The Morgan fingerprint density at radius 2 is 1.82 bits per heavy atom. The molecule has 1 saturated heterocycles. The van der Waals surface area contributed by atoms with Crippen molar-refractivity contribution in [3.63, 3.8) is 0 Å². The lowest BCUT2D eigenvalue weighted by Crippen LogP contribution is -2.48. The smallest absolute Gasteiger partial charge is 0.244 e. The summed E-state index contributed by atoms with van der Waals surface area (Å²) in [6.45, 7) is 2.77. The molecule has 2 aromatic heterocycles. The summed E-state index contributed by atoms with van der Waals surface area (Å²) in [5.41, 5.74) is 0.923. The molecule has 3 aromatic rings. The maximum atomic E-state index is 14.5. The number of piperidine rings is 1. The number of hydrogen-bond acceptors (Lipinski definition) is 7. The van der Waals surface area contributed by atoms with E-state index >= 15 is 0 Å². The van der Waals surface area contributed by atoms with Gasteiger partial charge in [0.05, 0.1) is 17.6 Å². The number of benzene rings is 1. The molecule has 3 atom stereocenters. The van der Waals surface area contributed by atoms with Crippen molar-refractivity contribution in [2.45, 2.75) is 31.8 Å². The average molecular weight is 491 g/mol. The third kappa shape index (κ3) is 3.62. The van der Waals surface area contributed by atoms with Crippen LogP contribution >= 0.6 is 11.6 Å². The van der Waals surface area contributed by atoms with Crippen molar-refractivity contribution >= 4 is 34.9 Å². The van der Waals surface area contributed by atoms with Gasteiger partial charge in [-0.15, -0.1) is 10.2 Å². The number of nitrogens with one attached hydrogen (secondary N) is 1. The van der Waals surface area contributed by atoms with Crippen LogP contribution in [0.2, 0.25) is 5.15 Å². The normalized spacial score (nSPS) is 23.8. The topological polar surface area (TPSA) is 75.0 Å². The van der Waals surface area contributed by atoms with Gasteiger partial charge in [0.15, 0.2) is 22.6 Å². The van der Waals surface area contributed by atoms with Crippen LogP contribution in [0.15, 0.2) is 24.4 Å². The molecule has 1 aromatic carbocycles. The summed E-state index contributed by atoms with van der Waals surface area (Å²) in [5.74, 6) is -2.25. The third-order valence-electron chi connectivity index (χ3n) is 7.06. The fourth-order valence-corrected chi connectivity index (χ4v) is 5.65. The number of anilines is 4. The fraction of sp³-hybridized carbons (Fsp3) is 0.455. The summed E-state index contributed by atoms with van der Waals surface area (Å²) in [6.07, 6.45) is 4.59. The minimum atomic E-state index is -1.48. The van der Waals surface area contributed by atoms with Gasteiger partial charge in [0, 0.05) is 38.3 Å². The summed E-state index contributed by atoms with van der Waals surface area (Å²) in [7, 11) is 0. The van der Waals surface area contributed by atoms with Gasteiger partial charge in [-0.1, -0.05) is 11.6 Å². The molecule has 4 heterocycles. The fourth-order valence-electron chi connectivity index (χ4n) is 5.50. The van der Waals surface area contributed by atoms with Gasteiger partial charge >= 0.3 is 0 Å². The van der Waals surface area contributed by atoms with Crippen molar-refractivity contribution in [3.8, 4) is 0 Å². The molecule has 0 radical (unpaired) electrons. The molecule has 34 heavy (non-hydrogen) atoms. The van der Waals surface area contributed by atoms with E-state index in [4.69, 9.17) is 11.6 Å². The summed E-state index contributed by atoms with van der Waals surface area (Å²) in [5, 5.41) is 16.3. The second-order valence-electron chi connectivity index (χ2n) is 9.07. The number of hydrogen-bond donors (Lipinski definition) is 1. The quantitative estimate of drug-likeness (QED) is 0.554. The SMILES string of the molecule is Fc1ccc(N2CCCn3nc(N[C@@H]4C5CC[C@H]4CN(c4cnnc(Cl)c4)C5)nc32)c(F)c1F. The van der Waals surface area contributed by atoms with Gasteiger partial charge in [-0.2, -0.15) is 10.1 Å². The van der Waals surface area contributed by atoms with E-state index in [9.17, 15) is 13.2 Å². The molecule has 6 rings (SSSR count). The molecule has 2 bridgehead atoms. The van der Waals surface area contributed by atoms with E-state index in [0.717, 1.165) is 37.7 Å². The Bertz CT molecular complexity index is 1220. The largest absolute Gasteiger partial charge is 0.369 e. The zero-order valence-corrected chi connectivity index (χ0v) is 18.9. The van der Waals surface area contributed by atoms with E-state index in [1.54, 1.807) is 15.8 Å². The van der Waals surface area contributed by atoms with Gasteiger partial charge in [0.2, 0.25) is 11.9 Å². The first-order chi connectivity index (χ1) is 16.5. The van der Waals surface area contributed by atoms with Crippen LogP contribution in [-0.4, -0.2) is 50.6 Å². The van der Waals surface area contributed by atoms with Crippen LogP contribution in [0.5, 0.6) is 0 Å². The predicted octanol–water partition coefficient (Wildman–Crippen LogP) is 4.01. The number of halogens is 4. The van der Waals surface area contributed by atoms with Crippen molar-refractivity contribution in [2.24, 2.45) is 11.8 Å². The van der Waals surface area contributed by atoms with Crippen molar-refractivity contribution < 1.29 is 13.2 Å². The van der Waals surface area contributed by atoms with Crippen LogP contribution in [0, 0.1) is 29.3 Å². The van der Waals surface area contributed by atoms with Crippen LogP contribution in [0.3, 0.4) is 0 Å². The highest BCUT2D eigenvalue weighted by atomic mass is 35.5. The molecule has 1 aliphatic carbocycles.